The fourth-order valence-electron chi connectivity index (χ4n) is 2.08. The molecule has 0 bridgehead atoms. The summed E-state index contributed by atoms with van der Waals surface area (Å²) in [7, 11) is 0. The van der Waals surface area contributed by atoms with Gasteiger partial charge in [-0.05, 0) is 26.8 Å². The molecule has 7 nitrogen and oxygen atoms in total. The molecule has 0 atom stereocenters. The summed E-state index contributed by atoms with van der Waals surface area (Å²) >= 11 is 0. The molecule has 1 aromatic carbocycles. The summed E-state index contributed by atoms with van der Waals surface area (Å²) in [5.41, 5.74) is 0.552. The molecule has 0 unspecified atom stereocenters. The van der Waals surface area contributed by atoms with Crippen molar-refractivity contribution in [3.05, 3.63) is 51.7 Å². The van der Waals surface area contributed by atoms with Gasteiger partial charge >= 0.3 is 0 Å². The van der Waals surface area contributed by atoms with Gasteiger partial charge in [0.05, 0.1) is 11.1 Å². The predicted molar refractivity (Wildman–Crippen MR) is 78.4 cm³/mol. The van der Waals surface area contributed by atoms with E-state index in [9.17, 15) is 14.9 Å². The number of benzene rings is 1. The Bertz CT molecular complexity index is 691. The summed E-state index contributed by atoms with van der Waals surface area (Å²) in [5.74, 6) is 0.166. The molecule has 0 fully saturated rings. The average Bonchev–Trinajstić information content (AvgIpc) is 2.86. The highest BCUT2D eigenvalue weighted by atomic mass is 16.6. The smallest absolute Gasteiger partial charge is 0.273 e. The van der Waals surface area contributed by atoms with E-state index in [0.29, 0.717) is 11.4 Å². The van der Waals surface area contributed by atoms with Crippen molar-refractivity contribution in [2.24, 2.45) is 0 Å². The van der Waals surface area contributed by atoms with E-state index in [0.717, 1.165) is 0 Å². The highest BCUT2D eigenvalue weighted by Gasteiger charge is 2.19. The Morgan fingerprint density at radius 3 is 2.71 bits per heavy atom. The summed E-state index contributed by atoms with van der Waals surface area (Å²) in [6.07, 6.45) is 1.59. The van der Waals surface area contributed by atoms with Crippen LogP contribution in [0.3, 0.4) is 0 Å². The van der Waals surface area contributed by atoms with Crippen LogP contribution in [0.25, 0.3) is 0 Å². The van der Waals surface area contributed by atoms with Crippen LogP contribution < -0.4 is 5.32 Å². The van der Waals surface area contributed by atoms with Gasteiger partial charge < -0.3 is 5.32 Å². The van der Waals surface area contributed by atoms with E-state index in [4.69, 9.17) is 0 Å². The summed E-state index contributed by atoms with van der Waals surface area (Å²) in [6, 6.07) is 6.23. The van der Waals surface area contributed by atoms with E-state index >= 15 is 0 Å². The van der Waals surface area contributed by atoms with Crippen LogP contribution in [0, 0.1) is 17.0 Å². The van der Waals surface area contributed by atoms with Crippen molar-refractivity contribution < 1.29 is 9.72 Å². The molecule has 7 heteroatoms. The fraction of sp³-hybridized carbons (Fsp3) is 0.286. The number of carbonyl (C=O) groups excluding carboxylic acids is 1. The Morgan fingerprint density at radius 1 is 1.38 bits per heavy atom. The van der Waals surface area contributed by atoms with Gasteiger partial charge in [0.15, 0.2) is 0 Å². The van der Waals surface area contributed by atoms with Crippen LogP contribution in [-0.2, 0) is 0 Å². The molecule has 0 aliphatic carbocycles. The van der Waals surface area contributed by atoms with Crippen LogP contribution >= 0.6 is 0 Å². The SMILES string of the molecule is Cc1c(C(=O)Nc2ccnn2C(C)C)cccc1[N+](=O)[O-]. The molecule has 2 rings (SSSR count). The molecule has 21 heavy (non-hydrogen) atoms. The van der Waals surface area contributed by atoms with Gasteiger partial charge in [-0.3, -0.25) is 14.9 Å². The van der Waals surface area contributed by atoms with Gasteiger partial charge in [-0.1, -0.05) is 6.07 Å². The summed E-state index contributed by atoms with van der Waals surface area (Å²) < 4.78 is 1.67. The minimum atomic E-state index is -0.496. The predicted octanol–water partition coefficient (Wildman–Crippen LogP) is 2.93. The fourth-order valence-corrected chi connectivity index (χ4v) is 2.08. The lowest BCUT2D eigenvalue weighted by atomic mass is 10.1. The summed E-state index contributed by atoms with van der Waals surface area (Å²) in [6.45, 7) is 5.45. The highest BCUT2D eigenvalue weighted by molar-refractivity contribution is 6.05. The lowest BCUT2D eigenvalue weighted by Crippen LogP contribution is -2.18. The third kappa shape index (κ3) is 2.91. The molecule has 0 spiro atoms. The van der Waals surface area contributed by atoms with Gasteiger partial charge in [0.1, 0.15) is 5.82 Å². The van der Waals surface area contributed by atoms with Crippen molar-refractivity contribution in [3.63, 3.8) is 0 Å². The molecule has 1 amide bonds. The van der Waals surface area contributed by atoms with E-state index < -0.39 is 10.8 Å². The summed E-state index contributed by atoms with van der Waals surface area (Å²) in [5, 5.41) is 17.8. The van der Waals surface area contributed by atoms with Crippen LogP contribution in [0.1, 0.15) is 35.8 Å². The van der Waals surface area contributed by atoms with E-state index in [-0.39, 0.29) is 17.3 Å². The number of hydrogen-bond donors (Lipinski definition) is 1. The number of hydrogen-bond acceptors (Lipinski definition) is 4. The van der Waals surface area contributed by atoms with Crippen molar-refractivity contribution in [1.82, 2.24) is 9.78 Å². The van der Waals surface area contributed by atoms with Crippen LogP contribution in [-0.4, -0.2) is 20.6 Å². The second kappa shape index (κ2) is 5.74. The molecular weight excluding hydrogens is 272 g/mol. The van der Waals surface area contributed by atoms with Crippen molar-refractivity contribution in [1.29, 1.82) is 0 Å². The molecule has 1 N–H and O–H groups in total. The molecule has 2 aromatic rings. The lowest BCUT2D eigenvalue weighted by molar-refractivity contribution is -0.385. The first-order valence-electron chi connectivity index (χ1n) is 6.50. The van der Waals surface area contributed by atoms with E-state index in [1.807, 2.05) is 13.8 Å². The van der Waals surface area contributed by atoms with Crippen molar-refractivity contribution >= 4 is 17.4 Å². The van der Waals surface area contributed by atoms with Gasteiger partial charge in [-0.2, -0.15) is 5.10 Å². The van der Waals surface area contributed by atoms with Gasteiger partial charge in [-0.25, -0.2) is 4.68 Å². The number of nitro benzene ring substituents is 1. The quantitative estimate of drug-likeness (QED) is 0.691. The maximum absolute atomic E-state index is 12.3. The van der Waals surface area contributed by atoms with Gasteiger partial charge in [0.2, 0.25) is 0 Å². The van der Waals surface area contributed by atoms with Gasteiger partial charge in [-0.15, -0.1) is 0 Å². The Morgan fingerprint density at radius 2 is 2.10 bits per heavy atom. The van der Waals surface area contributed by atoms with Crippen LogP contribution in [0.5, 0.6) is 0 Å². The normalized spacial score (nSPS) is 10.7. The number of nitrogens with zero attached hydrogens (tertiary/aromatic N) is 3. The molecular formula is C14H16N4O3. The first kappa shape index (κ1) is 14.7. The first-order valence-corrected chi connectivity index (χ1v) is 6.50. The first-order chi connectivity index (χ1) is 9.91. The largest absolute Gasteiger partial charge is 0.307 e. The molecule has 0 saturated heterocycles. The Hall–Kier alpha value is -2.70. The number of nitro groups is 1. The minimum absolute atomic E-state index is 0.0694. The minimum Gasteiger partial charge on any atom is -0.307 e. The average molecular weight is 288 g/mol. The second-order valence-electron chi connectivity index (χ2n) is 4.92. The van der Waals surface area contributed by atoms with E-state index in [2.05, 4.69) is 10.4 Å². The molecule has 1 heterocycles. The molecule has 0 aliphatic rings. The topological polar surface area (TPSA) is 90.1 Å². The number of aromatic nitrogens is 2. The zero-order chi connectivity index (χ0) is 15.6. The number of nitrogens with one attached hydrogen (secondary N) is 1. The number of carbonyl (C=O) groups is 1. The second-order valence-corrected chi connectivity index (χ2v) is 4.92. The van der Waals surface area contributed by atoms with E-state index in [1.54, 1.807) is 29.9 Å². The standard InChI is InChI=1S/C14H16N4O3/c1-9(2)17-13(7-8-15-17)16-14(19)11-5-4-6-12(10(11)3)18(20)21/h4-9H,1-3H3,(H,16,19). The molecule has 0 aliphatic heterocycles. The Labute approximate surface area is 121 Å². The van der Waals surface area contributed by atoms with Crippen molar-refractivity contribution in [3.8, 4) is 0 Å². The zero-order valence-corrected chi connectivity index (χ0v) is 12.0. The number of rotatable bonds is 4. The monoisotopic (exact) mass is 288 g/mol. The highest BCUT2D eigenvalue weighted by Crippen LogP contribution is 2.22. The molecule has 1 aromatic heterocycles. The molecule has 0 radical (unpaired) electrons. The Kier molecular flexibility index (Phi) is 4.02. The lowest BCUT2D eigenvalue weighted by Gasteiger charge is -2.12. The zero-order valence-electron chi connectivity index (χ0n) is 12.0. The maximum atomic E-state index is 12.3. The molecule has 0 saturated carbocycles. The number of amides is 1. The van der Waals surface area contributed by atoms with Gasteiger partial charge in [0.25, 0.3) is 11.6 Å². The third-order valence-corrected chi connectivity index (χ3v) is 3.15. The number of anilines is 1. The van der Waals surface area contributed by atoms with Crippen LogP contribution in [0.2, 0.25) is 0 Å². The van der Waals surface area contributed by atoms with E-state index in [1.165, 1.54) is 12.1 Å². The van der Waals surface area contributed by atoms with Gasteiger partial charge in [0, 0.05) is 29.3 Å². The molecule has 110 valence electrons. The Balaban J connectivity index is 2.31. The summed E-state index contributed by atoms with van der Waals surface area (Å²) in [4.78, 5) is 22.7. The van der Waals surface area contributed by atoms with Crippen molar-refractivity contribution in [2.45, 2.75) is 26.8 Å². The third-order valence-electron chi connectivity index (χ3n) is 3.15. The van der Waals surface area contributed by atoms with Crippen LogP contribution in [0.15, 0.2) is 30.5 Å². The van der Waals surface area contributed by atoms with Crippen LogP contribution in [0.4, 0.5) is 11.5 Å². The maximum Gasteiger partial charge on any atom is 0.273 e. The van der Waals surface area contributed by atoms with Crippen molar-refractivity contribution in [2.75, 3.05) is 5.32 Å².